The van der Waals surface area contributed by atoms with Crippen molar-refractivity contribution in [2.24, 2.45) is 0 Å². The minimum Gasteiger partial charge on any atom is -0.491 e. The molecule has 1 atom stereocenters. The van der Waals surface area contributed by atoms with Crippen LogP contribution in [-0.2, 0) is 0 Å². The maximum atomic E-state index is 12.2. The molecule has 0 saturated carbocycles. The first-order valence-electron chi connectivity index (χ1n) is 9.47. The molecule has 1 heterocycles. The van der Waals surface area contributed by atoms with Gasteiger partial charge in [-0.3, -0.25) is 0 Å². The van der Waals surface area contributed by atoms with Gasteiger partial charge in [0.2, 0.25) is 0 Å². The molecular weight excluding hydrogens is 387 g/mol. The van der Waals surface area contributed by atoms with Crippen molar-refractivity contribution in [1.29, 1.82) is 0 Å². The lowest BCUT2D eigenvalue weighted by molar-refractivity contribution is -0.274. The van der Waals surface area contributed by atoms with Crippen LogP contribution in [0, 0.1) is 0 Å². The second-order valence-corrected chi connectivity index (χ2v) is 6.98. The van der Waals surface area contributed by atoms with Crippen molar-refractivity contribution in [1.82, 2.24) is 0 Å². The number of benzene rings is 2. The lowest BCUT2D eigenvalue weighted by Crippen LogP contribution is -2.38. The Kier molecular flexibility index (Phi) is 6.74. The molecule has 1 fully saturated rings. The molecule has 3 rings (SSSR count). The van der Waals surface area contributed by atoms with E-state index in [0.717, 1.165) is 31.6 Å². The van der Waals surface area contributed by atoms with E-state index in [2.05, 4.69) is 9.64 Å². The van der Waals surface area contributed by atoms with Gasteiger partial charge in [-0.15, -0.1) is 13.2 Å². The van der Waals surface area contributed by atoms with Crippen molar-refractivity contribution in [3.63, 3.8) is 0 Å². The zero-order valence-corrected chi connectivity index (χ0v) is 16.1. The Morgan fingerprint density at radius 1 is 0.966 bits per heavy atom. The van der Waals surface area contributed by atoms with Gasteiger partial charge in [0.25, 0.3) is 0 Å². The van der Waals surface area contributed by atoms with Crippen molar-refractivity contribution in [2.45, 2.75) is 38.3 Å². The van der Waals surface area contributed by atoms with E-state index in [0.29, 0.717) is 11.5 Å². The second kappa shape index (κ2) is 9.26. The zero-order chi connectivity index (χ0) is 20.9. The van der Waals surface area contributed by atoms with Crippen LogP contribution in [0.1, 0.15) is 19.8 Å². The Bertz CT molecular complexity index is 755. The SMILES string of the molecule is C[C@H](O)COc1ccc(N2CCC(Oc3ccc(OC(F)(F)F)cc3)CC2)cc1. The van der Waals surface area contributed by atoms with E-state index in [1.54, 1.807) is 6.92 Å². The Balaban J connectivity index is 1.46. The van der Waals surface area contributed by atoms with Crippen LogP contribution in [0.3, 0.4) is 0 Å². The molecule has 1 aliphatic rings. The number of piperidine rings is 1. The summed E-state index contributed by atoms with van der Waals surface area (Å²) in [5.74, 6) is 0.976. The summed E-state index contributed by atoms with van der Waals surface area (Å²) >= 11 is 0. The third kappa shape index (κ3) is 6.74. The summed E-state index contributed by atoms with van der Waals surface area (Å²) in [6, 6.07) is 13.2. The number of anilines is 1. The lowest BCUT2D eigenvalue weighted by atomic mass is 10.1. The van der Waals surface area contributed by atoms with Gasteiger partial charge >= 0.3 is 6.36 Å². The summed E-state index contributed by atoms with van der Waals surface area (Å²) in [4.78, 5) is 2.25. The molecule has 0 spiro atoms. The standard InChI is InChI=1S/C21H24F3NO4/c1-15(26)14-27-17-4-2-16(3-5-17)25-12-10-19(11-13-25)28-18-6-8-20(9-7-18)29-21(22,23)24/h2-9,15,19,26H,10-14H2,1H3/t15-/m0/s1. The Hall–Kier alpha value is -2.61. The number of alkyl halides is 3. The van der Waals surface area contributed by atoms with E-state index < -0.39 is 12.5 Å². The number of hydrogen-bond acceptors (Lipinski definition) is 5. The first-order chi connectivity index (χ1) is 13.8. The molecule has 158 valence electrons. The summed E-state index contributed by atoms with van der Waals surface area (Å²) in [6.07, 6.45) is -3.59. The van der Waals surface area contributed by atoms with E-state index in [4.69, 9.17) is 9.47 Å². The Morgan fingerprint density at radius 2 is 1.52 bits per heavy atom. The van der Waals surface area contributed by atoms with Gasteiger partial charge in [-0.2, -0.15) is 0 Å². The fourth-order valence-corrected chi connectivity index (χ4v) is 3.11. The minimum absolute atomic E-state index is 0.00860. The van der Waals surface area contributed by atoms with Crippen LogP contribution in [-0.4, -0.2) is 43.4 Å². The average molecular weight is 411 g/mol. The molecule has 1 saturated heterocycles. The smallest absolute Gasteiger partial charge is 0.491 e. The molecule has 1 N–H and O–H groups in total. The summed E-state index contributed by atoms with van der Waals surface area (Å²) in [7, 11) is 0. The molecule has 0 aliphatic carbocycles. The van der Waals surface area contributed by atoms with Gasteiger partial charge in [-0.1, -0.05) is 0 Å². The monoisotopic (exact) mass is 411 g/mol. The van der Waals surface area contributed by atoms with E-state index in [1.807, 2.05) is 24.3 Å². The number of ether oxygens (including phenoxy) is 3. The van der Waals surface area contributed by atoms with Gasteiger partial charge in [0, 0.05) is 31.6 Å². The van der Waals surface area contributed by atoms with Gasteiger partial charge in [0.05, 0.1) is 6.10 Å². The zero-order valence-electron chi connectivity index (χ0n) is 16.1. The van der Waals surface area contributed by atoms with Crippen LogP contribution in [0.2, 0.25) is 0 Å². The Morgan fingerprint density at radius 3 is 2.07 bits per heavy atom. The number of rotatable bonds is 7. The first kappa shape index (κ1) is 21.1. The highest BCUT2D eigenvalue weighted by Crippen LogP contribution is 2.28. The number of aliphatic hydroxyl groups excluding tert-OH is 1. The van der Waals surface area contributed by atoms with Crippen molar-refractivity contribution < 1.29 is 32.5 Å². The summed E-state index contributed by atoms with van der Waals surface area (Å²) in [6.45, 7) is 3.55. The third-order valence-corrected chi connectivity index (χ3v) is 4.50. The molecule has 2 aromatic rings. The average Bonchev–Trinajstić information content (AvgIpc) is 2.68. The van der Waals surface area contributed by atoms with Crippen LogP contribution < -0.4 is 19.1 Å². The number of nitrogens with zero attached hydrogens (tertiary/aromatic N) is 1. The topological polar surface area (TPSA) is 51.2 Å². The van der Waals surface area contributed by atoms with Gasteiger partial charge in [0.1, 0.15) is 30.0 Å². The summed E-state index contributed by atoms with van der Waals surface area (Å²) in [5, 5.41) is 9.26. The van der Waals surface area contributed by atoms with E-state index >= 15 is 0 Å². The van der Waals surface area contributed by atoms with E-state index in [9.17, 15) is 18.3 Å². The molecule has 0 radical (unpaired) electrons. The summed E-state index contributed by atoms with van der Waals surface area (Å²) in [5.41, 5.74) is 1.08. The quantitative estimate of drug-likeness (QED) is 0.732. The molecule has 8 heteroatoms. The molecule has 0 unspecified atom stereocenters. The van der Waals surface area contributed by atoms with Crippen molar-refractivity contribution in [2.75, 3.05) is 24.6 Å². The van der Waals surface area contributed by atoms with Crippen LogP contribution in [0.5, 0.6) is 17.2 Å². The highest BCUT2D eigenvalue weighted by molar-refractivity contribution is 5.49. The predicted molar refractivity (Wildman–Crippen MR) is 103 cm³/mol. The number of hydrogen-bond donors (Lipinski definition) is 1. The van der Waals surface area contributed by atoms with E-state index in [1.165, 1.54) is 24.3 Å². The van der Waals surface area contributed by atoms with Crippen molar-refractivity contribution in [3.05, 3.63) is 48.5 Å². The molecule has 0 amide bonds. The van der Waals surface area contributed by atoms with Crippen molar-refractivity contribution in [3.8, 4) is 17.2 Å². The van der Waals surface area contributed by atoms with Gasteiger partial charge < -0.3 is 24.2 Å². The number of halogens is 3. The van der Waals surface area contributed by atoms with Gasteiger partial charge in [-0.25, -0.2) is 0 Å². The third-order valence-electron chi connectivity index (χ3n) is 4.50. The number of aliphatic hydroxyl groups is 1. The highest BCUT2D eigenvalue weighted by atomic mass is 19.4. The normalized spacial score (nSPS) is 16.4. The lowest BCUT2D eigenvalue weighted by Gasteiger charge is -2.33. The molecule has 1 aliphatic heterocycles. The largest absolute Gasteiger partial charge is 0.573 e. The van der Waals surface area contributed by atoms with Crippen molar-refractivity contribution >= 4 is 5.69 Å². The van der Waals surface area contributed by atoms with Crippen LogP contribution in [0.25, 0.3) is 0 Å². The minimum atomic E-state index is -4.70. The first-order valence-corrected chi connectivity index (χ1v) is 9.47. The van der Waals surface area contributed by atoms with Gasteiger partial charge in [-0.05, 0) is 55.5 Å². The fraction of sp³-hybridized carbons (Fsp3) is 0.429. The highest BCUT2D eigenvalue weighted by Gasteiger charge is 2.31. The molecule has 0 aromatic heterocycles. The van der Waals surface area contributed by atoms with Crippen LogP contribution >= 0.6 is 0 Å². The summed E-state index contributed by atoms with van der Waals surface area (Å²) < 4.78 is 51.8. The van der Waals surface area contributed by atoms with E-state index in [-0.39, 0.29) is 18.5 Å². The van der Waals surface area contributed by atoms with Gasteiger partial charge in [0.15, 0.2) is 0 Å². The predicted octanol–water partition coefficient (Wildman–Crippen LogP) is 4.39. The maximum absolute atomic E-state index is 12.2. The molecular formula is C21H24F3NO4. The Labute approximate surface area is 167 Å². The van der Waals surface area contributed by atoms with Crippen LogP contribution in [0.15, 0.2) is 48.5 Å². The molecule has 5 nitrogen and oxygen atoms in total. The fourth-order valence-electron chi connectivity index (χ4n) is 3.11. The molecule has 29 heavy (non-hydrogen) atoms. The second-order valence-electron chi connectivity index (χ2n) is 6.98. The molecule has 0 bridgehead atoms. The maximum Gasteiger partial charge on any atom is 0.573 e. The van der Waals surface area contributed by atoms with Crippen LogP contribution in [0.4, 0.5) is 18.9 Å². The molecule has 2 aromatic carbocycles.